The maximum absolute atomic E-state index is 13.4. The van der Waals surface area contributed by atoms with E-state index in [1.54, 1.807) is 35.5 Å². The van der Waals surface area contributed by atoms with Crippen molar-refractivity contribution in [3.63, 3.8) is 0 Å². The Labute approximate surface area is 191 Å². The number of aromatic nitrogens is 1. The minimum Gasteiger partial charge on any atom is -0.339 e. The fourth-order valence-electron chi connectivity index (χ4n) is 4.17. The van der Waals surface area contributed by atoms with Gasteiger partial charge in [0.25, 0.3) is 5.91 Å². The third-order valence-corrected chi connectivity index (χ3v) is 6.75. The van der Waals surface area contributed by atoms with Gasteiger partial charge in [0.1, 0.15) is 6.04 Å². The van der Waals surface area contributed by atoms with Crippen molar-refractivity contribution >= 4 is 23.2 Å². The van der Waals surface area contributed by atoms with Gasteiger partial charge in [0.2, 0.25) is 11.5 Å². The van der Waals surface area contributed by atoms with Crippen molar-refractivity contribution < 1.29 is 9.59 Å². The van der Waals surface area contributed by atoms with Crippen molar-refractivity contribution in [2.24, 2.45) is 7.05 Å². The predicted octanol–water partition coefficient (Wildman–Crippen LogP) is 3.42. The number of carbonyl (C=O) groups is 2. The maximum atomic E-state index is 13.4. The van der Waals surface area contributed by atoms with Gasteiger partial charge in [0.15, 0.2) is 0 Å². The maximum Gasteiger partial charge on any atom is 0.256 e. The van der Waals surface area contributed by atoms with Crippen LogP contribution in [-0.4, -0.2) is 51.9 Å². The second-order valence-electron chi connectivity index (χ2n) is 8.09. The number of carbonyl (C=O) groups excluding carboxylic acids is 2. The molecule has 0 saturated carbocycles. The summed E-state index contributed by atoms with van der Waals surface area (Å²) in [6.07, 6.45) is 2.87. The fraction of sp³-hybridized carbons (Fsp3) is 0.320. The van der Waals surface area contributed by atoms with Crippen LogP contribution in [0.4, 0.5) is 0 Å². The standard InChI is InChI=1S/C25H27N3O3S/c1-3-11-27-12-13-28(24(30)20-9-10-23(29)26(2)17-20)21(25(27)31)16-18-6-4-7-19(15-18)22-8-5-14-32-22/h4-10,14-15,17,21H,3,11-13,16H2,1-2H3. The highest BCUT2D eigenvalue weighted by atomic mass is 32.1. The van der Waals surface area contributed by atoms with Crippen LogP contribution < -0.4 is 5.56 Å². The van der Waals surface area contributed by atoms with Crippen LogP contribution in [0.3, 0.4) is 0 Å². The van der Waals surface area contributed by atoms with Crippen molar-refractivity contribution in [1.82, 2.24) is 14.4 Å². The highest BCUT2D eigenvalue weighted by molar-refractivity contribution is 7.13. The molecule has 3 heterocycles. The van der Waals surface area contributed by atoms with Crippen LogP contribution in [0.25, 0.3) is 10.4 Å². The molecule has 1 fully saturated rings. The molecule has 4 rings (SSSR count). The normalized spacial score (nSPS) is 16.4. The van der Waals surface area contributed by atoms with E-state index in [2.05, 4.69) is 25.1 Å². The number of amides is 2. The lowest BCUT2D eigenvalue weighted by molar-refractivity contribution is -0.140. The quantitative estimate of drug-likeness (QED) is 0.579. The van der Waals surface area contributed by atoms with Gasteiger partial charge >= 0.3 is 0 Å². The van der Waals surface area contributed by atoms with E-state index in [9.17, 15) is 14.4 Å². The van der Waals surface area contributed by atoms with Gasteiger partial charge in [-0.3, -0.25) is 14.4 Å². The molecule has 1 aromatic carbocycles. The first kappa shape index (κ1) is 22.0. The number of rotatable bonds is 6. The summed E-state index contributed by atoms with van der Waals surface area (Å²) in [5, 5.41) is 2.04. The zero-order chi connectivity index (χ0) is 22.7. The van der Waals surface area contributed by atoms with E-state index in [0.717, 1.165) is 17.5 Å². The zero-order valence-corrected chi connectivity index (χ0v) is 19.2. The van der Waals surface area contributed by atoms with E-state index in [0.29, 0.717) is 31.6 Å². The number of hydrogen-bond donors (Lipinski definition) is 0. The van der Waals surface area contributed by atoms with Gasteiger partial charge in [-0.25, -0.2) is 0 Å². The lowest BCUT2D eigenvalue weighted by atomic mass is 9.98. The molecule has 2 amide bonds. The van der Waals surface area contributed by atoms with Crippen molar-refractivity contribution in [2.75, 3.05) is 19.6 Å². The van der Waals surface area contributed by atoms with E-state index in [-0.39, 0.29) is 17.4 Å². The number of pyridine rings is 1. The molecule has 0 radical (unpaired) electrons. The van der Waals surface area contributed by atoms with Gasteiger partial charge in [-0.1, -0.05) is 37.3 Å². The van der Waals surface area contributed by atoms with Crippen LogP contribution in [0, 0.1) is 0 Å². The van der Waals surface area contributed by atoms with Crippen molar-refractivity contribution in [1.29, 1.82) is 0 Å². The largest absolute Gasteiger partial charge is 0.339 e. The summed E-state index contributed by atoms with van der Waals surface area (Å²) in [6, 6.07) is 14.6. The minimum absolute atomic E-state index is 0.0159. The van der Waals surface area contributed by atoms with Crippen molar-refractivity contribution in [3.8, 4) is 10.4 Å². The van der Waals surface area contributed by atoms with E-state index >= 15 is 0 Å². The van der Waals surface area contributed by atoms with Crippen LogP contribution in [0.5, 0.6) is 0 Å². The second kappa shape index (κ2) is 9.53. The number of thiophene rings is 1. The molecule has 0 aliphatic carbocycles. The Kier molecular flexibility index (Phi) is 6.55. The average Bonchev–Trinajstić information content (AvgIpc) is 3.33. The van der Waals surface area contributed by atoms with Crippen LogP contribution in [0.2, 0.25) is 0 Å². The fourth-order valence-corrected chi connectivity index (χ4v) is 4.90. The number of piperazine rings is 1. The highest BCUT2D eigenvalue weighted by Crippen LogP contribution is 2.27. The molecule has 2 aromatic heterocycles. The van der Waals surface area contributed by atoms with Crippen LogP contribution in [0.15, 0.2) is 64.9 Å². The molecule has 3 aromatic rings. The molecule has 0 spiro atoms. The molecular weight excluding hydrogens is 422 g/mol. The summed E-state index contributed by atoms with van der Waals surface area (Å²) in [7, 11) is 1.62. The van der Waals surface area contributed by atoms with Gasteiger partial charge in [-0.05, 0) is 35.1 Å². The number of aryl methyl sites for hydroxylation is 1. The van der Waals surface area contributed by atoms with Gasteiger partial charge < -0.3 is 14.4 Å². The van der Waals surface area contributed by atoms with Gasteiger partial charge in [-0.15, -0.1) is 11.3 Å². The first-order valence-corrected chi connectivity index (χ1v) is 11.7. The Hall–Kier alpha value is -3.19. The first-order valence-electron chi connectivity index (χ1n) is 10.9. The molecule has 32 heavy (non-hydrogen) atoms. The third kappa shape index (κ3) is 4.53. The van der Waals surface area contributed by atoms with Crippen LogP contribution in [0.1, 0.15) is 29.3 Å². The Bertz CT molecular complexity index is 1170. The SMILES string of the molecule is CCCN1CCN(C(=O)c2ccc(=O)n(C)c2)C(Cc2cccc(-c3cccs3)c2)C1=O. The molecule has 1 saturated heterocycles. The predicted molar refractivity (Wildman–Crippen MR) is 127 cm³/mol. The molecule has 1 atom stereocenters. The summed E-state index contributed by atoms with van der Waals surface area (Å²) in [6.45, 7) is 3.74. The molecule has 6 nitrogen and oxygen atoms in total. The average molecular weight is 450 g/mol. The smallest absolute Gasteiger partial charge is 0.256 e. The van der Waals surface area contributed by atoms with Crippen LogP contribution in [-0.2, 0) is 18.3 Å². The molecular formula is C25H27N3O3S. The minimum atomic E-state index is -0.571. The molecule has 1 aliphatic rings. The summed E-state index contributed by atoms with van der Waals surface area (Å²) in [4.78, 5) is 43.2. The Morgan fingerprint density at radius 3 is 2.66 bits per heavy atom. The Balaban J connectivity index is 1.64. The third-order valence-electron chi connectivity index (χ3n) is 5.83. The van der Waals surface area contributed by atoms with Crippen LogP contribution >= 0.6 is 11.3 Å². The summed E-state index contributed by atoms with van der Waals surface area (Å²) in [5.74, 6) is -0.234. The lowest BCUT2D eigenvalue weighted by Gasteiger charge is -2.41. The zero-order valence-electron chi connectivity index (χ0n) is 18.4. The number of hydrogen-bond acceptors (Lipinski definition) is 4. The number of benzene rings is 1. The van der Waals surface area contributed by atoms with Crippen molar-refractivity contribution in [2.45, 2.75) is 25.8 Å². The first-order chi connectivity index (χ1) is 15.5. The summed E-state index contributed by atoms with van der Waals surface area (Å²) < 4.78 is 1.39. The van der Waals surface area contributed by atoms with E-state index in [4.69, 9.17) is 0 Å². The van der Waals surface area contributed by atoms with Gasteiger partial charge in [-0.2, -0.15) is 0 Å². The summed E-state index contributed by atoms with van der Waals surface area (Å²) >= 11 is 1.68. The molecule has 0 N–H and O–H groups in total. The van der Waals surface area contributed by atoms with E-state index in [1.807, 2.05) is 28.5 Å². The highest BCUT2D eigenvalue weighted by Gasteiger charge is 2.37. The lowest BCUT2D eigenvalue weighted by Crippen LogP contribution is -2.59. The molecule has 166 valence electrons. The monoisotopic (exact) mass is 449 g/mol. The molecule has 1 aliphatic heterocycles. The van der Waals surface area contributed by atoms with Gasteiger partial charge in [0.05, 0.1) is 5.56 Å². The van der Waals surface area contributed by atoms with E-state index in [1.165, 1.54) is 15.5 Å². The second-order valence-corrected chi connectivity index (χ2v) is 9.04. The van der Waals surface area contributed by atoms with Crippen molar-refractivity contribution in [3.05, 3.63) is 81.6 Å². The number of nitrogens with zero attached hydrogens (tertiary/aromatic N) is 3. The van der Waals surface area contributed by atoms with E-state index < -0.39 is 6.04 Å². The molecule has 1 unspecified atom stereocenters. The van der Waals surface area contributed by atoms with Gasteiger partial charge in [0, 0.05) is 50.2 Å². The molecule has 7 heteroatoms. The summed E-state index contributed by atoms with van der Waals surface area (Å²) in [5.41, 5.74) is 2.38. The topological polar surface area (TPSA) is 62.6 Å². The Morgan fingerprint density at radius 1 is 1.09 bits per heavy atom. The Morgan fingerprint density at radius 2 is 1.94 bits per heavy atom. The molecule has 0 bridgehead atoms.